The maximum atomic E-state index is 11.8. The molecule has 0 spiro atoms. The standard InChI is InChI=1S/C15H13ClN2O3/c1-9-8-10(19)6-7-12(9)17-14(20)15(21)18-13-5-3-2-4-11(13)16/h2-8,19H,1H3,(H,17,20)(H,18,21). The third kappa shape index (κ3) is 3.73. The van der Waals surface area contributed by atoms with Gasteiger partial charge in [-0.1, -0.05) is 23.7 Å². The van der Waals surface area contributed by atoms with Crippen molar-refractivity contribution in [2.75, 3.05) is 10.6 Å². The first-order valence-electron chi connectivity index (χ1n) is 6.14. The first-order valence-corrected chi connectivity index (χ1v) is 6.51. The number of anilines is 2. The second kappa shape index (κ2) is 6.28. The number of aryl methyl sites for hydroxylation is 1. The lowest BCUT2D eigenvalue weighted by Gasteiger charge is -2.09. The maximum absolute atomic E-state index is 11.8. The van der Waals surface area contributed by atoms with Gasteiger partial charge in [-0.25, -0.2) is 0 Å². The minimum absolute atomic E-state index is 0.0889. The summed E-state index contributed by atoms with van der Waals surface area (Å²) < 4.78 is 0. The molecule has 2 aromatic rings. The van der Waals surface area contributed by atoms with Gasteiger partial charge in [-0.05, 0) is 42.8 Å². The highest BCUT2D eigenvalue weighted by Crippen LogP contribution is 2.21. The quantitative estimate of drug-likeness (QED) is 0.589. The number of amides is 2. The Hall–Kier alpha value is -2.53. The monoisotopic (exact) mass is 304 g/mol. The molecule has 0 atom stereocenters. The van der Waals surface area contributed by atoms with E-state index in [4.69, 9.17) is 11.6 Å². The van der Waals surface area contributed by atoms with E-state index in [1.54, 1.807) is 31.2 Å². The van der Waals surface area contributed by atoms with Gasteiger partial charge in [0, 0.05) is 5.69 Å². The smallest absolute Gasteiger partial charge is 0.314 e. The molecule has 21 heavy (non-hydrogen) atoms. The summed E-state index contributed by atoms with van der Waals surface area (Å²) in [6.07, 6.45) is 0. The number of benzene rings is 2. The Labute approximate surface area is 126 Å². The summed E-state index contributed by atoms with van der Waals surface area (Å²) in [4.78, 5) is 23.7. The minimum atomic E-state index is -0.824. The zero-order chi connectivity index (χ0) is 15.4. The molecule has 0 saturated heterocycles. The third-order valence-electron chi connectivity index (χ3n) is 2.79. The van der Waals surface area contributed by atoms with Crippen LogP contribution in [0.25, 0.3) is 0 Å². The average Bonchev–Trinajstić information content (AvgIpc) is 2.44. The van der Waals surface area contributed by atoms with Gasteiger partial charge in [0.25, 0.3) is 0 Å². The second-order valence-electron chi connectivity index (χ2n) is 4.39. The number of hydrogen-bond donors (Lipinski definition) is 3. The van der Waals surface area contributed by atoms with E-state index in [1.807, 2.05) is 0 Å². The normalized spacial score (nSPS) is 10.0. The largest absolute Gasteiger partial charge is 0.508 e. The van der Waals surface area contributed by atoms with E-state index in [9.17, 15) is 14.7 Å². The lowest BCUT2D eigenvalue weighted by Crippen LogP contribution is -2.29. The van der Waals surface area contributed by atoms with E-state index < -0.39 is 11.8 Å². The van der Waals surface area contributed by atoms with E-state index in [0.717, 1.165) is 0 Å². The number of carbonyl (C=O) groups excluding carboxylic acids is 2. The molecule has 0 heterocycles. The topological polar surface area (TPSA) is 78.4 Å². The number of phenolic OH excluding ortho intramolecular Hbond substituents is 1. The predicted molar refractivity (Wildman–Crippen MR) is 81.6 cm³/mol. The van der Waals surface area contributed by atoms with Gasteiger partial charge in [0.1, 0.15) is 5.75 Å². The molecule has 0 aliphatic carbocycles. The van der Waals surface area contributed by atoms with Crippen LogP contribution in [0.2, 0.25) is 5.02 Å². The van der Waals surface area contributed by atoms with Crippen molar-refractivity contribution in [2.45, 2.75) is 6.92 Å². The molecular formula is C15H13ClN2O3. The molecule has 2 aromatic carbocycles. The van der Waals surface area contributed by atoms with Crippen molar-refractivity contribution in [3.63, 3.8) is 0 Å². The van der Waals surface area contributed by atoms with Crippen molar-refractivity contribution < 1.29 is 14.7 Å². The van der Waals surface area contributed by atoms with Crippen LogP contribution in [0.1, 0.15) is 5.56 Å². The molecule has 0 saturated carbocycles. The minimum Gasteiger partial charge on any atom is -0.508 e. The first kappa shape index (κ1) is 14.9. The summed E-state index contributed by atoms with van der Waals surface area (Å²) in [7, 11) is 0. The lowest BCUT2D eigenvalue weighted by molar-refractivity contribution is -0.133. The molecule has 6 heteroatoms. The number of carbonyl (C=O) groups is 2. The Balaban J connectivity index is 2.06. The number of para-hydroxylation sites is 1. The molecular weight excluding hydrogens is 292 g/mol. The van der Waals surface area contributed by atoms with E-state index in [1.165, 1.54) is 18.2 Å². The van der Waals surface area contributed by atoms with Crippen molar-refractivity contribution in [1.82, 2.24) is 0 Å². The molecule has 2 rings (SSSR count). The number of aromatic hydroxyl groups is 1. The van der Waals surface area contributed by atoms with Crippen molar-refractivity contribution in [2.24, 2.45) is 0 Å². The first-order chi connectivity index (χ1) is 9.97. The Kier molecular flexibility index (Phi) is 4.45. The zero-order valence-electron chi connectivity index (χ0n) is 11.2. The molecule has 0 fully saturated rings. The Morgan fingerprint density at radius 3 is 2.24 bits per heavy atom. The van der Waals surface area contributed by atoms with Crippen LogP contribution < -0.4 is 10.6 Å². The fourth-order valence-electron chi connectivity index (χ4n) is 1.71. The van der Waals surface area contributed by atoms with Crippen LogP contribution in [0.4, 0.5) is 11.4 Å². The van der Waals surface area contributed by atoms with Crippen molar-refractivity contribution >= 4 is 34.8 Å². The zero-order valence-corrected chi connectivity index (χ0v) is 11.9. The van der Waals surface area contributed by atoms with Gasteiger partial charge in [-0.15, -0.1) is 0 Å². The SMILES string of the molecule is Cc1cc(O)ccc1NC(=O)C(=O)Nc1ccccc1Cl. The molecule has 0 aliphatic rings. The summed E-state index contributed by atoms with van der Waals surface area (Å²) in [5.41, 5.74) is 1.46. The van der Waals surface area contributed by atoms with E-state index >= 15 is 0 Å². The molecule has 0 bridgehead atoms. The van der Waals surface area contributed by atoms with Crippen LogP contribution >= 0.6 is 11.6 Å². The molecule has 0 aliphatic heterocycles. The number of phenols is 1. The summed E-state index contributed by atoms with van der Waals surface area (Å²) in [5, 5.41) is 14.5. The molecule has 0 radical (unpaired) electrons. The lowest BCUT2D eigenvalue weighted by atomic mass is 10.2. The Bertz CT molecular complexity index is 701. The summed E-state index contributed by atoms with van der Waals surface area (Å²) in [6, 6.07) is 11.1. The highest BCUT2D eigenvalue weighted by molar-refractivity contribution is 6.44. The van der Waals surface area contributed by atoms with Crippen LogP contribution in [0.15, 0.2) is 42.5 Å². The van der Waals surface area contributed by atoms with Gasteiger partial charge < -0.3 is 15.7 Å². The number of nitrogens with one attached hydrogen (secondary N) is 2. The Morgan fingerprint density at radius 1 is 1.00 bits per heavy atom. The fraction of sp³-hybridized carbons (Fsp3) is 0.0667. The number of halogens is 1. The molecule has 108 valence electrons. The van der Waals surface area contributed by atoms with Crippen LogP contribution in [0.5, 0.6) is 5.75 Å². The predicted octanol–water partition coefficient (Wildman–Crippen LogP) is 2.93. The van der Waals surface area contributed by atoms with Gasteiger partial charge in [-0.3, -0.25) is 9.59 Å². The molecule has 2 amide bonds. The highest BCUT2D eigenvalue weighted by atomic mass is 35.5. The molecule has 3 N–H and O–H groups in total. The Morgan fingerprint density at radius 2 is 1.62 bits per heavy atom. The van der Waals surface area contributed by atoms with Crippen LogP contribution in [-0.2, 0) is 9.59 Å². The molecule has 5 nitrogen and oxygen atoms in total. The third-order valence-corrected chi connectivity index (χ3v) is 3.12. The van der Waals surface area contributed by atoms with Gasteiger partial charge >= 0.3 is 11.8 Å². The van der Waals surface area contributed by atoms with Crippen LogP contribution in [0.3, 0.4) is 0 Å². The number of hydrogen-bond acceptors (Lipinski definition) is 3. The van der Waals surface area contributed by atoms with E-state index in [-0.39, 0.29) is 5.75 Å². The van der Waals surface area contributed by atoms with Gasteiger partial charge in [0.05, 0.1) is 10.7 Å². The van der Waals surface area contributed by atoms with E-state index in [2.05, 4.69) is 10.6 Å². The van der Waals surface area contributed by atoms with Crippen LogP contribution in [-0.4, -0.2) is 16.9 Å². The number of rotatable bonds is 2. The van der Waals surface area contributed by atoms with Gasteiger partial charge in [0.2, 0.25) is 0 Å². The van der Waals surface area contributed by atoms with E-state index in [0.29, 0.717) is 22.0 Å². The summed E-state index contributed by atoms with van der Waals surface area (Å²) >= 11 is 5.90. The summed E-state index contributed by atoms with van der Waals surface area (Å²) in [6.45, 7) is 1.71. The van der Waals surface area contributed by atoms with Gasteiger partial charge in [0.15, 0.2) is 0 Å². The highest BCUT2D eigenvalue weighted by Gasteiger charge is 2.16. The van der Waals surface area contributed by atoms with Crippen LogP contribution in [0, 0.1) is 6.92 Å². The fourth-order valence-corrected chi connectivity index (χ4v) is 1.89. The van der Waals surface area contributed by atoms with Crippen molar-refractivity contribution in [3.8, 4) is 5.75 Å². The second-order valence-corrected chi connectivity index (χ2v) is 4.79. The van der Waals surface area contributed by atoms with Gasteiger partial charge in [-0.2, -0.15) is 0 Å². The van der Waals surface area contributed by atoms with Crippen molar-refractivity contribution in [3.05, 3.63) is 53.1 Å². The van der Waals surface area contributed by atoms with Crippen molar-refractivity contribution in [1.29, 1.82) is 0 Å². The maximum Gasteiger partial charge on any atom is 0.314 e. The summed E-state index contributed by atoms with van der Waals surface area (Å²) in [5.74, 6) is -1.55. The molecule has 0 unspecified atom stereocenters. The average molecular weight is 305 g/mol. The molecule has 0 aromatic heterocycles.